The topological polar surface area (TPSA) is 37.6 Å². The number of benzene rings is 4. The first-order chi connectivity index (χ1) is 24.1. The van der Waals surface area contributed by atoms with Crippen LogP contribution in [-0.4, -0.2) is 27.6 Å². The Morgan fingerprint density at radius 2 is 1.53 bits per heavy atom. The minimum absolute atomic E-state index is 0.0103. The molecule has 3 aliphatic heterocycles. The minimum atomic E-state index is -0.240. The van der Waals surface area contributed by atoms with Crippen LogP contribution in [0.15, 0.2) is 84.9 Å². The molecule has 6 bridgehead atoms. The van der Waals surface area contributed by atoms with Crippen LogP contribution in [0.5, 0.6) is 11.5 Å². The van der Waals surface area contributed by atoms with Crippen molar-refractivity contribution in [3.63, 3.8) is 0 Å². The lowest BCUT2D eigenvalue weighted by atomic mass is 9.66. The van der Waals surface area contributed by atoms with Gasteiger partial charge in [-0.3, -0.25) is 4.90 Å². The minimum Gasteiger partial charge on any atom is -0.457 e. The number of hydrogen-bond acceptors (Lipinski definition) is 4. The summed E-state index contributed by atoms with van der Waals surface area (Å²) in [7, 11) is 0. The zero-order valence-corrected chi connectivity index (χ0v) is 31.6. The van der Waals surface area contributed by atoms with Crippen molar-refractivity contribution in [3.05, 3.63) is 135 Å². The fourth-order valence-electron chi connectivity index (χ4n) is 9.70. The monoisotopic (exact) mass is 674 g/mol. The summed E-state index contributed by atoms with van der Waals surface area (Å²) in [5.74, 6) is 4.22. The fourth-order valence-corrected chi connectivity index (χ4v) is 9.70. The van der Waals surface area contributed by atoms with Crippen LogP contribution in [-0.2, 0) is 27.4 Å². The van der Waals surface area contributed by atoms with Gasteiger partial charge in [0.05, 0.1) is 16.9 Å². The average molecular weight is 675 g/mol. The van der Waals surface area contributed by atoms with E-state index in [4.69, 9.17) is 14.5 Å². The summed E-state index contributed by atoms with van der Waals surface area (Å²) in [6, 6.07) is 31.2. The van der Waals surface area contributed by atoms with Crippen LogP contribution in [0.3, 0.4) is 0 Å². The quantitative estimate of drug-likeness (QED) is 0.153. The highest BCUT2D eigenvalue weighted by atomic mass is 16.5. The van der Waals surface area contributed by atoms with Gasteiger partial charge < -0.3 is 9.47 Å². The zero-order chi connectivity index (χ0) is 35.8. The number of nitrogens with zero attached hydrogens (tertiary/aromatic N) is 3. The third kappa shape index (κ3) is 4.73. The highest BCUT2D eigenvalue weighted by Gasteiger charge is 2.56. The van der Waals surface area contributed by atoms with Crippen molar-refractivity contribution in [2.24, 2.45) is 0 Å². The number of rotatable bonds is 0. The molecule has 5 aromatic rings. The number of fused-ring (bicyclic) bond motifs is 13. The van der Waals surface area contributed by atoms with Gasteiger partial charge in [0.2, 0.25) is 0 Å². The molecule has 4 aliphatic rings. The Balaban J connectivity index is 1.39. The lowest BCUT2D eigenvalue weighted by Crippen LogP contribution is -2.51. The van der Waals surface area contributed by atoms with Crippen LogP contribution in [0, 0.1) is 20.8 Å². The second-order valence-corrected chi connectivity index (χ2v) is 17.4. The second kappa shape index (κ2) is 10.6. The van der Waals surface area contributed by atoms with Gasteiger partial charge in [0.1, 0.15) is 17.6 Å². The molecule has 0 saturated heterocycles. The highest BCUT2D eigenvalue weighted by molar-refractivity contribution is 5.93. The summed E-state index contributed by atoms with van der Waals surface area (Å²) >= 11 is 0. The zero-order valence-electron chi connectivity index (χ0n) is 31.6. The van der Waals surface area contributed by atoms with Gasteiger partial charge in [-0.05, 0) is 100 Å². The largest absolute Gasteiger partial charge is 0.457 e. The number of ether oxygens (including phenoxy) is 2. The van der Waals surface area contributed by atoms with E-state index in [9.17, 15) is 0 Å². The first kappa shape index (κ1) is 32.0. The number of pyridine rings is 1. The number of anilines is 3. The molecule has 0 saturated carbocycles. The molecule has 258 valence electrons. The van der Waals surface area contributed by atoms with Crippen molar-refractivity contribution >= 4 is 28.9 Å². The van der Waals surface area contributed by atoms with Gasteiger partial charge in [0.25, 0.3) is 11.7 Å². The van der Waals surface area contributed by atoms with Crippen LogP contribution in [0.25, 0.3) is 0 Å². The Morgan fingerprint density at radius 3 is 2.31 bits per heavy atom. The van der Waals surface area contributed by atoms with Crippen molar-refractivity contribution in [1.82, 2.24) is 4.98 Å². The van der Waals surface area contributed by atoms with Crippen molar-refractivity contribution < 1.29 is 14.0 Å². The standard InChI is InChI=1S/C46H48N3O2/c1-26-17-28(3)41-29(18-26)22-38-42(46(41,9)10)49-40-24-31(44(4,5)6)23-39(47-40)48-36-14-12-11-13-34(36)45(7,8)35-16-15-32(25-37(35)48)50-33-20-27(2)19-30(21-33)43(49)51-38/h11-21,23-25,38,42H,22H2,1-10H3/q+1/t38-,42+/m0/s1. The second-order valence-electron chi connectivity index (χ2n) is 17.4. The van der Waals surface area contributed by atoms with E-state index >= 15 is 0 Å². The number of aromatic nitrogens is 1. The summed E-state index contributed by atoms with van der Waals surface area (Å²) in [6.07, 6.45) is 0.788. The van der Waals surface area contributed by atoms with Crippen molar-refractivity contribution in [3.8, 4) is 11.5 Å². The van der Waals surface area contributed by atoms with Crippen LogP contribution in [0.2, 0.25) is 0 Å². The Hall–Kier alpha value is -4.90. The summed E-state index contributed by atoms with van der Waals surface area (Å²) in [5.41, 5.74) is 12.9. The third-order valence-electron chi connectivity index (χ3n) is 11.9. The molecule has 0 amide bonds. The fraction of sp³-hybridized carbons (Fsp3) is 0.348. The van der Waals surface area contributed by atoms with E-state index in [0.29, 0.717) is 0 Å². The third-order valence-corrected chi connectivity index (χ3v) is 11.9. The average Bonchev–Trinajstić information content (AvgIpc) is 3.44. The van der Waals surface area contributed by atoms with Gasteiger partial charge in [0.15, 0.2) is 6.04 Å². The maximum atomic E-state index is 7.24. The number of hydrogen-bond donors (Lipinski definition) is 0. The van der Waals surface area contributed by atoms with E-state index in [1.807, 2.05) is 0 Å². The number of aryl methyl sites for hydroxylation is 3. The van der Waals surface area contributed by atoms with E-state index in [1.165, 1.54) is 38.9 Å². The van der Waals surface area contributed by atoms with E-state index in [-0.39, 0.29) is 28.4 Å². The molecular formula is C46H48N3O2+. The normalized spacial score (nSPS) is 20.4. The Labute approximate surface area is 302 Å². The molecule has 0 spiro atoms. The molecule has 4 aromatic carbocycles. The van der Waals surface area contributed by atoms with E-state index in [1.54, 1.807) is 0 Å². The van der Waals surface area contributed by atoms with Crippen LogP contribution in [0.1, 0.15) is 98.5 Å². The van der Waals surface area contributed by atoms with Gasteiger partial charge in [0, 0.05) is 35.4 Å². The molecule has 0 N–H and O–H groups in total. The summed E-state index contributed by atoms with van der Waals surface area (Å²) in [5, 5.41) is 0. The molecule has 9 rings (SSSR count). The van der Waals surface area contributed by atoms with Crippen LogP contribution < -0.4 is 9.64 Å². The van der Waals surface area contributed by atoms with Gasteiger partial charge >= 0.3 is 5.82 Å². The molecule has 1 aromatic heterocycles. The lowest BCUT2D eigenvalue weighted by Gasteiger charge is -2.41. The van der Waals surface area contributed by atoms with E-state index in [2.05, 4.69) is 164 Å². The lowest BCUT2D eigenvalue weighted by molar-refractivity contribution is -0.495. The van der Waals surface area contributed by atoms with Gasteiger partial charge in [-0.15, -0.1) is 0 Å². The molecule has 0 fully saturated rings. The van der Waals surface area contributed by atoms with Gasteiger partial charge in [-0.1, -0.05) is 90.4 Å². The summed E-state index contributed by atoms with van der Waals surface area (Å²) < 4.78 is 16.5. The molecule has 5 heteroatoms. The molecule has 0 radical (unpaired) electrons. The maximum absolute atomic E-state index is 7.24. The molecule has 4 heterocycles. The Kier molecular flexibility index (Phi) is 6.64. The maximum Gasteiger partial charge on any atom is 0.329 e. The first-order valence-electron chi connectivity index (χ1n) is 18.4. The van der Waals surface area contributed by atoms with Crippen molar-refractivity contribution in [1.29, 1.82) is 0 Å². The Bertz CT molecular complexity index is 2340. The smallest absolute Gasteiger partial charge is 0.329 e. The first-order valence-corrected chi connectivity index (χ1v) is 18.4. The molecule has 1 aliphatic carbocycles. The molecule has 5 nitrogen and oxygen atoms in total. The summed E-state index contributed by atoms with van der Waals surface area (Å²) in [4.78, 5) is 8.07. The Morgan fingerprint density at radius 1 is 0.784 bits per heavy atom. The predicted molar refractivity (Wildman–Crippen MR) is 206 cm³/mol. The molecule has 51 heavy (non-hydrogen) atoms. The summed E-state index contributed by atoms with van der Waals surface area (Å²) in [6.45, 7) is 22.9. The van der Waals surface area contributed by atoms with Gasteiger partial charge in [-0.25, -0.2) is 0 Å². The highest BCUT2D eigenvalue weighted by Crippen LogP contribution is 2.54. The van der Waals surface area contributed by atoms with Crippen molar-refractivity contribution in [2.75, 3.05) is 4.90 Å². The SMILES string of the molecule is Cc1cc2cc(c1)C1=[N+](c3cc(C(C)(C)C)cc(n3)N3c4ccccc4C(C)(C)c4ccc(cc43)O2)[C@@H]2[C@H](Cc3cc(C)cc(C)c3C2(C)C)O1. The van der Waals surface area contributed by atoms with E-state index in [0.717, 1.165) is 58.0 Å². The molecular weight excluding hydrogens is 627 g/mol. The number of para-hydroxylation sites is 1. The van der Waals surface area contributed by atoms with Gasteiger partial charge in [-0.2, -0.15) is 4.58 Å². The van der Waals surface area contributed by atoms with Crippen LogP contribution >= 0.6 is 0 Å². The van der Waals surface area contributed by atoms with E-state index < -0.39 is 0 Å². The molecule has 0 unspecified atom stereocenters. The molecule has 2 atom stereocenters. The van der Waals surface area contributed by atoms with Crippen molar-refractivity contribution in [2.45, 2.75) is 104 Å². The predicted octanol–water partition coefficient (Wildman–Crippen LogP) is 10.9. The van der Waals surface area contributed by atoms with Crippen LogP contribution in [0.4, 0.5) is 23.0 Å².